The molecule has 2 atom stereocenters. The maximum Gasteiger partial charge on any atom is 0.252 e. The predicted molar refractivity (Wildman–Crippen MR) is 130 cm³/mol. The van der Waals surface area contributed by atoms with Crippen LogP contribution in [0.15, 0.2) is 23.1 Å². The van der Waals surface area contributed by atoms with Crippen molar-refractivity contribution in [2.75, 3.05) is 38.0 Å². The molecule has 1 saturated carbocycles. The van der Waals surface area contributed by atoms with Gasteiger partial charge in [0.15, 0.2) is 0 Å². The van der Waals surface area contributed by atoms with Gasteiger partial charge in [-0.15, -0.1) is 0 Å². The maximum atomic E-state index is 12.9. The van der Waals surface area contributed by atoms with Crippen LogP contribution in [0.4, 0.5) is 5.95 Å². The number of likely N-dealkylation sites (tertiary alicyclic amines) is 1. The zero-order chi connectivity index (χ0) is 24.1. The summed E-state index contributed by atoms with van der Waals surface area (Å²) in [6.45, 7) is 6.91. The Morgan fingerprint density at radius 2 is 1.94 bits per heavy atom. The van der Waals surface area contributed by atoms with Crippen molar-refractivity contribution in [3.05, 3.63) is 28.7 Å². The van der Waals surface area contributed by atoms with Gasteiger partial charge in [-0.1, -0.05) is 6.92 Å². The lowest BCUT2D eigenvalue weighted by Crippen LogP contribution is -2.59. The van der Waals surface area contributed by atoms with E-state index in [2.05, 4.69) is 20.2 Å². The summed E-state index contributed by atoms with van der Waals surface area (Å²) in [5.41, 5.74) is -0.619. The van der Waals surface area contributed by atoms with Gasteiger partial charge in [0.05, 0.1) is 11.6 Å². The van der Waals surface area contributed by atoms with E-state index in [9.17, 15) is 18.3 Å². The Bertz CT molecular complexity index is 1220. The van der Waals surface area contributed by atoms with E-state index in [1.807, 2.05) is 6.92 Å². The standard InChI is InChI=1S/C23H34N6O4S/c1-3-27-14-18(15-27)34(32,33)28-11-8-17(9-12-28)25-22-24-13-16-6-7-20(30)29(21(16)26-22)19-5-4-10-23(19,2)31/h6-7,13,17-19,31H,3-5,8-12,14-15H2,1-2H3,(H,24,25,26)/t19-,23-/m1/s1. The van der Waals surface area contributed by atoms with Crippen molar-refractivity contribution in [3.63, 3.8) is 0 Å². The summed E-state index contributed by atoms with van der Waals surface area (Å²) in [5, 5.41) is 14.6. The predicted octanol–water partition coefficient (Wildman–Crippen LogP) is 1.18. The Hall–Kier alpha value is -2.08. The minimum Gasteiger partial charge on any atom is -0.388 e. The quantitative estimate of drug-likeness (QED) is 0.619. The molecule has 4 heterocycles. The lowest BCUT2D eigenvalue weighted by Gasteiger charge is -2.42. The first-order valence-corrected chi connectivity index (χ1v) is 13.8. The Morgan fingerprint density at radius 3 is 2.59 bits per heavy atom. The van der Waals surface area contributed by atoms with Gasteiger partial charge in [0.25, 0.3) is 5.56 Å². The highest BCUT2D eigenvalue weighted by atomic mass is 32.2. The van der Waals surface area contributed by atoms with Gasteiger partial charge in [-0.25, -0.2) is 17.7 Å². The largest absolute Gasteiger partial charge is 0.388 e. The number of anilines is 1. The zero-order valence-electron chi connectivity index (χ0n) is 19.9. The Balaban J connectivity index is 1.30. The van der Waals surface area contributed by atoms with E-state index < -0.39 is 15.6 Å². The van der Waals surface area contributed by atoms with Crippen molar-refractivity contribution in [1.82, 2.24) is 23.7 Å². The number of nitrogens with zero attached hydrogens (tertiary/aromatic N) is 5. The summed E-state index contributed by atoms with van der Waals surface area (Å²) < 4.78 is 29.0. The molecule has 3 aliphatic rings. The van der Waals surface area contributed by atoms with Crippen molar-refractivity contribution in [1.29, 1.82) is 0 Å². The van der Waals surface area contributed by atoms with E-state index in [1.54, 1.807) is 28.1 Å². The third-order valence-corrected chi connectivity index (χ3v) is 10.0. The normalized spacial score (nSPS) is 27.8. The van der Waals surface area contributed by atoms with Crippen molar-refractivity contribution >= 4 is 27.0 Å². The molecule has 0 radical (unpaired) electrons. The number of fused-ring (bicyclic) bond motifs is 1. The van der Waals surface area contributed by atoms with E-state index in [1.165, 1.54) is 6.07 Å². The van der Waals surface area contributed by atoms with Gasteiger partial charge in [0, 0.05) is 49.9 Å². The summed E-state index contributed by atoms with van der Waals surface area (Å²) >= 11 is 0. The minimum absolute atomic E-state index is 0.0518. The highest BCUT2D eigenvalue weighted by molar-refractivity contribution is 7.89. The summed E-state index contributed by atoms with van der Waals surface area (Å²) in [5.74, 6) is 0.420. The molecule has 1 aliphatic carbocycles. The highest BCUT2D eigenvalue weighted by Crippen LogP contribution is 2.39. The van der Waals surface area contributed by atoms with Crippen LogP contribution in [0, 0.1) is 0 Å². The first-order valence-electron chi connectivity index (χ1n) is 12.3. The number of hydrogen-bond donors (Lipinski definition) is 2. The van der Waals surface area contributed by atoms with E-state index in [0.29, 0.717) is 57.0 Å². The molecule has 2 N–H and O–H groups in total. The van der Waals surface area contributed by atoms with E-state index in [0.717, 1.165) is 24.8 Å². The van der Waals surface area contributed by atoms with Crippen LogP contribution in [0.2, 0.25) is 0 Å². The highest BCUT2D eigenvalue weighted by Gasteiger charge is 2.41. The molecule has 34 heavy (non-hydrogen) atoms. The second kappa shape index (κ2) is 8.85. The van der Waals surface area contributed by atoms with E-state index in [-0.39, 0.29) is 22.9 Å². The molecule has 10 nitrogen and oxygen atoms in total. The molecule has 3 fully saturated rings. The number of aromatic nitrogens is 3. The van der Waals surface area contributed by atoms with Crippen LogP contribution in [-0.2, 0) is 10.0 Å². The Labute approximate surface area is 200 Å². The zero-order valence-corrected chi connectivity index (χ0v) is 20.7. The van der Waals surface area contributed by atoms with Gasteiger partial charge in [-0.3, -0.25) is 9.36 Å². The summed E-state index contributed by atoms with van der Waals surface area (Å²) in [4.78, 5) is 24.0. The molecular formula is C23H34N6O4S. The molecule has 186 valence electrons. The lowest BCUT2D eigenvalue weighted by atomic mass is 10.00. The van der Waals surface area contributed by atoms with Crippen molar-refractivity contribution in [2.45, 2.75) is 68.9 Å². The molecule has 0 unspecified atom stereocenters. The Morgan fingerprint density at radius 1 is 1.21 bits per heavy atom. The molecular weight excluding hydrogens is 456 g/mol. The van der Waals surface area contributed by atoms with Gasteiger partial charge >= 0.3 is 0 Å². The van der Waals surface area contributed by atoms with Crippen molar-refractivity contribution < 1.29 is 13.5 Å². The Kier molecular flexibility index (Phi) is 6.16. The number of aliphatic hydroxyl groups is 1. The summed E-state index contributed by atoms with van der Waals surface area (Å²) in [6, 6.07) is 2.95. The van der Waals surface area contributed by atoms with Crippen molar-refractivity contribution in [3.8, 4) is 0 Å². The van der Waals surface area contributed by atoms with Crippen LogP contribution in [0.3, 0.4) is 0 Å². The third-order valence-electron chi connectivity index (χ3n) is 7.80. The van der Waals surface area contributed by atoms with Crippen molar-refractivity contribution in [2.24, 2.45) is 0 Å². The molecule has 11 heteroatoms. The SMILES string of the molecule is CCN1CC(S(=O)(=O)N2CCC(Nc3ncc4ccc(=O)n([C@@H]5CCC[C@@]5(C)O)c4n3)CC2)C1. The summed E-state index contributed by atoms with van der Waals surface area (Å²) in [6.07, 6.45) is 5.27. The number of pyridine rings is 1. The minimum atomic E-state index is -3.25. The summed E-state index contributed by atoms with van der Waals surface area (Å²) in [7, 11) is -3.25. The van der Waals surface area contributed by atoms with Gasteiger partial charge < -0.3 is 15.3 Å². The molecule has 2 aromatic heterocycles. The molecule has 0 amide bonds. The first kappa shape index (κ1) is 23.7. The van der Waals surface area contributed by atoms with Gasteiger partial charge in [0.1, 0.15) is 10.9 Å². The van der Waals surface area contributed by atoms with Gasteiger partial charge in [0.2, 0.25) is 16.0 Å². The van der Waals surface area contributed by atoms with Crippen LogP contribution >= 0.6 is 0 Å². The average Bonchev–Trinajstić information content (AvgIpc) is 3.11. The molecule has 0 spiro atoms. The molecule has 2 saturated heterocycles. The average molecular weight is 491 g/mol. The molecule has 0 bridgehead atoms. The number of nitrogens with one attached hydrogen (secondary N) is 1. The third kappa shape index (κ3) is 4.23. The van der Waals surface area contributed by atoms with E-state index >= 15 is 0 Å². The van der Waals surface area contributed by atoms with Crippen LogP contribution in [-0.4, -0.2) is 86.9 Å². The number of rotatable bonds is 6. The second-order valence-corrected chi connectivity index (χ2v) is 12.3. The van der Waals surface area contributed by atoms with E-state index in [4.69, 9.17) is 0 Å². The molecule has 2 aromatic rings. The number of hydrogen-bond acceptors (Lipinski definition) is 8. The number of piperidine rings is 1. The van der Waals surface area contributed by atoms with Crippen LogP contribution in [0.5, 0.6) is 0 Å². The molecule has 2 aliphatic heterocycles. The monoisotopic (exact) mass is 490 g/mol. The van der Waals surface area contributed by atoms with Crippen LogP contribution in [0.25, 0.3) is 11.0 Å². The van der Waals surface area contributed by atoms with Gasteiger partial charge in [-0.05, 0) is 51.6 Å². The van der Waals surface area contributed by atoms with Crippen LogP contribution < -0.4 is 10.9 Å². The fourth-order valence-corrected chi connectivity index (χ4v) is 7.50. The van der Waals surface area contributed by atoms with Gasteiger partial charge in [-0.2, -0.15) is 4.98 Å². The maximum absolute atomic E-state index is 12.9. The van der Waals surface area contributed by atoms with Crippen LogP contribution in [0.1, 0.15) is 52.0 Å². The molecule has 5 rings (SSSR count). The number of sulfonamides is 1. The molecule has 0 aromatic carbocycles. The lowest BCUT2D eigenvalue weighted by molar-refractivity contribution is 0.0267. The fraction of sp³-hybridized carbons (Fsp3) is 0.696. The topological polar surface area (TPSA) is 121 Å². The second-order valence-electron chi connectivity index (χ2n) is 10.1. The first-order chi connectivity index (χ1) is 16.2. The fourth-order valence-electron chi connectivity index (χ4n) is 5.56. The smallest absolute Gasteiger partial charge is 0.252 e.